The molecule has 4 heteroatoms. The maximum Gasteiger partial charge on any atom is 0.164 e. The number of hydrogen-bond donors (Lipinski definition) is 0. The molecule has 0 saturated carbocycles. The van der Waals surface area contributed by atoms with Gasteiger partial charge in [-0.25, -0.2) is 15.0 Å². The van der Waals surface area contributed by atoms with Crippen LogP contribution in [0.4, 0.5) is 0 Å². The monoisotopic (exact) mass is 906 g/mol. The number of hydrogen-bond acceptors (Lipinski definition) is 3. The number of aromatic nitrogens is 4. The number of fused-ring (bicyclic) bond motifs is 12. The minimum Gasteiger partial charge on any atom is -0.309 e. The average Bonchev–Trinajstić information content (AvgIpc) is 3.94. The molecule has 0 unspecified atom stereocenters. The van der Waals surface area contributed by atoms with Crippen LogP contribution in [-0.4, -0.2) is 19.5 Å². The van der Waals surface area contributed by atoms with Crippen LogP contribution in [0.15, 0.2) is 243 Å². The van der Waals surface area contributed by atoms with E-state index in [1.807, 2.05) is 18.2 Å². The molecule has 10 aromatic carbocycles. The fourth-order valence-electron chi connectivity index (χ4n) is 12.1. The fourth-order valence-corrected chi connectivity index (χ4v) is 12.1. The minimum absolute atomic E-state index is 0.221. The van der Waals surface area contributed by atoms with Crippen molar-refractivity contribution in [2.75, 3.05) is 0 Å². The standard InChI is InChI=1S/C67H46N4/c1-66(2)55-25-11-13-27-57(55)67(58-28-14-12-26-56(58)66)54-41-38-48(45-36-39-49(40-37-45)71-60-30-15-9-22-50(60)51-23-10-16-31-61(51)71)42-53(54)62-52(24-17-29-59(62)67)65-69-63(46-20-7-4-8-21-46)68-64(70-65)47-34-32-44(33-35-47)43-18-5-3-6-19-43/h3-42H,1-2H3. The van der Waals surface area contributed by atoms with Crippen molar-refractivity contribution in [1.82, 2.24) is 19.5 Å². The summed E-state index contributed by atoms with van der Waals surface area (Å²) in [6.07, 6.45) is 0. The van der Waals surface area contributed by atoms with Crippen LogP contribution >= 0.6 is 0 Å². The van der Waals surface area contributed by atoms with Crippen LogP contribution in [0.2, 0.25) is 0 Å². The van der Waals surface area contributed by atoms with Gasteiger partial charge in [-0.1, -0.05) is 226 Å². The Morgan fingerprint density at radius 2 is 0.746 bits per heavy atom. The maximum atomic E-state index is 5.43. The highest BCUT2D eigenvalue weighted by Gasteiger charge is 2.54. The highest BCUT2D eigenvalue weighted by atomic mass is 15.0. The van der Waals surface area contributed by atoms with Gasteiger partial charge in [0.15, 0.2) is 17.5 Å². The Hall–Kier alpha value is -8.99. The molecule has 14 rings (SSSR count). The summed E-state index contributed by atoms with van der Waals surface area (Å²) in [5.41, 5.74) is 20.2. The molecule has 12 aromatic rings. The highest BCUT2D eigenvalue weighted by Crippen LogP contribution is 2.63. The first-order chi connectivity index (χ1) is 35.0. The van der Waals surface area contributed by atoms with Crippen molar-refractivity contribution < 1.29 is 0 Å². The lowest BCUT2D eigenvalue weighted by Gasteiger charge is -2.46. The van der Waals surface area contributed by atoms with E-state index in [2.05, 4.69) is 243 Å². The van der Waals surface area contributed by atoms with E-state index in [-0.39, 0.29) is 5.41 Å². The smallest absolute Gasteiger partial charge is 0.164 e. The molecule has 0 bridgehead atoms. The Bertz CT molecular complexity index is 3950. The third-order valence-electron chi connectivity index (χ3n) is 15.4. The quantitative estimate of drug-likeness (QED) is 0.167. The second kappa shape index (κ2) is 15.8. The van der Waals surface area contributed by atoms with Crippen molar-refractivity contribution in [2.45, 2.75) is 24.7 Å². The lowest BCUT2D eigenvalue weighted by Crippen LogP contribution is -2.40. The molecule has 71 heavy (non-hydrogen) atoms. The van der Waals surface area contributed by atoms with Crippen molar-refractivity contribution in [3.63, 3.8) is 0 Å². The zero-order valence-corrected chi connectivity index (χ0v) is 39.4. The van der Waals surface area contributed by atoms with Gasteiger partial charge >= 0.3 is 0 Å². The molecule has 2 heterocycles. The van der Waals surface area contributed by atoms with Crippen LogP contribution in [0.5, 0.6) is 0 Å². The molecule has 2 aromatic heterocycles. The third-order valence-corrected chi connectivity index (χ3v) is 15.4. The molecular formula is C67H46N4. The molecule has 4 nitrogen and oxygen atoms in total. The van der Waals surface area contributed by atoms with Crippen molar-refractivity contribution >= 4 is 21.8 Å². The molecule has 0 radical (unpaired) electrons. The summed E-state index contributed by atoms with van der Waals surface area (Å²) in [7, 11) is 0. The van der Waals surface area contributed by atoms with Gasteiger partial charge in [0, 0.05) is 38.6 Å². The van der Waals surface area contributed by atoms with E-state index in [0.29, 0.717) is 17.5 Å². The largest absolute Gasteiger partial charge is 0.309 e. The van der Waals surface area contributed by atoms with Crippen molar-refractivity contribution in [3.8, 4) is 73.2 Å². The number of rotatable bonds is 6. The summed E-state index contributed by atoms with van der Waals surface area (Å²) in [6.45, 7) is 4.75. The Balaban J connectivity index is 0.996. The second-order valence-electron chi connectivity index (χ2n) is 19.5. The van der Waals surface area contributed by atoms with Crippen LogP contribution in [0.3, 0.4) is 0 Å². The van der Waals surface area contributed by atoms with Crippen molar-refractivity contribution in [3.05, 3.63) is 276 Å². The molecule has 0 amide bonds. The van der Waals surface area contributed by atoms with Crippen LogP contribution in [0.1, 0.15) is 47.2 Å². The molecule has 0 saturated heterocycles. The molecule has 0 atom stereocenters. The van der Waals surface area contributed by atoms with Gasteiger partial charge < -0.3 is 4.57 Å². The van der Waals surface area contributed by atoms with E-state index >= 15 is 0 Å². The van der Waals surface area contributed by atoms with E-state index in [1.165, 1.54) is 66.3 Å². The van der Waals surface area contributed by atoms with Gasteiger partial charge in [-0.3, -0.25) is 0 Å². The first kappa shape index (κ1) is 41.0. The minimum atomic E-state index is -0.603. The van der Waals surface area contributed by atoms with Gasteiger partial charge in [-0.2, -0.15) is 0 Å². The second-order valence-corrected chi connectivity index (χ2v) is 19.5. The molecule has 2 aliphatic carbocycles. The normalized spacial score (nSPS) is 13.7. The van der Waals surface area contributed by atoms with Crippen LogP contribution in [0, 0.1) is 0 Å². The average molecular weight is 907 g/mol. The Morgan fingerprint density at radius 1 is 0.310 bits per heavy atom. The topological polar surface area (TPSA) is 43.6 Å². The summed E-state index contributed by atoms with van der Waals surface area (Å²) in [6, 6.07) is 88.0. The lowest BCUT2D eigenvalue weighted by molar-refractivity contribution is 0.563. The fraction of sp³-hybridized carbons (Fsp3) is 0.0597. The summed E-state index contributed by atoms with van der Waals surface area (Å²) in [5, 5.41) is 2.51. The first-order valence-electron chi connectivity index (χ1n) is 24.5. The zero-order chi connectivity index (χ0) is 47.3. The van der Waals surface area contributed by atoms with Crippen molar-refractivity contribution in [1.29, 1.82) is 0 Å². The first-order valence-corrected chi connectivity index (χ1v) is 24.5. The van der Waals surface area contributed by atoms with Crippen LogP contribution < -0.4 is 0 Å². The van der Waals surface area contributed by atoms with Gasteiger partial charge in [0.2, 0.25) is 0 Å². The SMILES string of the molecule is CC1(C)c2ccccc2C2(c3ccc(-c4ccc(-n5c6ccccc6c6ccccc65)cc4)cc3-c3c(-c4nc(-c5ccccc5)nc(-c5ccc(-c6ccccc6)cc5)n4)cccc32)c2ccccc21. The van der Waals surface area contributed by atoms with Gasteiger partial charge in [-0.05, 0) is 97.1 Å². The van der Waals surface area contributed by atoms with Crippen LogP contribution in [-0.2, 0) is 10.8 Å². The molecule has 1 spiro atoms. The summed E-state index contributed by atoms with van der Waals surface area (Å²) in [5.74, 6) is 1.90. The van der Waals surface area contributed by atoms with E-state index in [9.17, 15) is 0 Å². The Labute approximate surface area is 413 Å². The summed E-state index contributed by atoms with van der Waals surface area (Å²) < 4.78 is 2.38. The zero-order valence-electron chi connectivity index (χ0n) is 39.4. The van der Waals surface area contributed by atoms with E-state index in [4.69, 9.17) is 15.0 Å². The van der Waals surface area contributed by atoms with Gasteiger partial charge in [0.05, 0.1) is 16.4 Å². The molecular weight excluding hydrogens is 861 g/mol. The van der Waals surface area contributed by atoms with E-state index in [1.54, 1.807) is 0 Å². The number of benzene rings is 10. The number of para-hydroxylation sites is 2. The van der Waals surface area contributed by atoms with E-state index < -0.39 is 5.41 Å². The Kier molecular flexibility index (Phi) is 9.12. The highest BCUT2D eigenvalue weighted by molar-refractivity contribution is 6.09. The van der Waals surface area contributed by atoms with Gasteiger partial charge in [0.1, 0.15) is 0 Å². The summed E-state index contributed by atoms with van der Waals surface area (Å²) >= 11 is 0. The predicted octanol–water partition coefficient (Wildman–Crippen LogP) is 16.3. The maximum absolute atomic E-state index is 5.43. The third kappa shape index (κ3) is 6.14. The van der Waals surface area contributed by atoms with Gasteiger partial charge in [0.25, 0.3) is 0 Å². The Morgan fingerprint density at radius 3 is 1.37 bits per heavy atom. The predicted molar refractivity (Wildman–Crippen MR) is 291 cm³/mol. The summed E-state index contributed by atoms with van der Waals surface area (Å²) in [4.78, 5) is 16.0. The molecule has 0 fully saturated rings. The molecule has 2 aliphatic rings. The lowest BCUT2D eigenvalue weighted by atomic mass is 9.55. The van der Waals surface area contributed by atoms with Gasteiger partial charge in [-0.15, -0.1) is 0 Å². The molecule has 334 valence electrons. The van der Waals surface area contributed by atoms with Crippen LogP contribution in [0.25, 0.3) is 95.0 Å². The van der Waals surface area contributed by atoms with E-state index in [0.717, 1.165) is 44.6 Å². The molecule has 0 aliphatic heterocycles. The number of nitrogens with zero attached hydrogens (tertiary/aromatic N) is 4. The molecule has 0 N–H and O–H groups in total. The van der Waals surface area contributed by atoms with Crippen molar-refractivity contribution in [2.24, 2.45) is 0 Å².